The van der Waals surface area contributed by atoms with Crippen LogP contribution in [0, 0.1) is 0 Å². The second-order valence-electron chi connectivity index (χ2n) is 4.23. The Morgan fingerprint density at radius 1 is 1.44 bits per heavy atom. The number of hydrogen-bond donors (Lipinski definition) is 1. The average Bonchev–Trinajstić information content (AvgIpc) is 2.89. The summed E-state index contributed by atoms with van der Waals surface area (Å²) < 4.78 is 0. The minimum absolute atomic E-state index is 0.212. The highest BCUT2D eigenvalue weighted by Gasteiger charge is 2.30. The lowest BCUT2D eigenvalue weighted by Crippen LogP contribution is -2.47. The van der Waals surface area contributed by atoms with Gasteiger partial charge in [-0.05, 0) is 36.8 Å². The Balaban J connectivity index is 2.04. The molecule has 1 N–H and O–H groups in total. The van der Waals surface area contributed by atoms with Crippen LogP contribution in [0.5, 0.6) is 0 Å². The van der Waals surface area contributed by atoms with Crippen molar-refractivity contribution in [1.82, 2.24) is 4.90 Å². The molecule has 96 valence electrons. The van der Waals surface area contributed by atoms with E-state index in [1.807, 2.05) is 17.5 Å². The lowest BCUT2D eigenvalue weighted by Gasteiger charge is -2.32. The van der Waals surface area contributed by atoms with E-state index in [-0.39, 0.29) is 5.91 Å². The zero-order valence-electron chi connectivity index (χ0n) is 9.91. The third kappa shape index (κ3) is 2.98. The SMILES string of the molecule is O=C(O)[C@H]1CCCCN1C(=O)/C=C\c1cccs1. The van der Waals surface area contributed by atoms with Crippen molar-refractivity contribution in [2.75, 3.05) is 6.54 Å². The number of carboxylic acid groups (broad SMARTS) is 1. The van der Waals surface area contributed by atoms with Crippen LogP contribution in [0.2, 0.25) is 0 Å². The summed E-state index contributed by atoms with van der Waals surface area (Å²) in [6.07, 6.45) is 5.50. The van der Waals surface area contributed by atoms with E-state index in [9.17, 15) is 9.59 Å². The normalized spacial score (nSPS) is 20.2. The number of rotatable bonds is 3. The van der Waals surface area contributed by atoms with Crippen molar-refractivity contribution >= 4 is 29.3 Å². The topological polar surface area (TPSA) is 57.6 Å². The molecular formula is C13H15NO3S. The van der Waals surface area contributed by atoms with Crippen LogP contribution < -0.4 is 0 Å². The fourth-order valence-electron chi connectivity index (χ4n) is 2.09. The van der Waals surface area contributed by atoms with Gasteiger partial charge in [-0.1, -0.05) is 6.07 Å². The van der Waals surface area contributed by atoms with Crippen LogP contribution >= 0.6 is 11.3 Å². The van der Waals surface area contributed by atoms with Crippen molar-refractivity contribution in [2.45, 2.75) is 25.3 Å². The zero-order chi connectivity index (χ0) is 13.0. The fourth-order valence-corrected chi connectivity index (χ4v) is 2.71. The van der Waals surface area contributed by atoms with Crippen molar-refractivity contribution < 1.29 is 14.7 Å². The molecule has 2 rings (SSSR count). The number of nitrogens with zero attached hydrogens (tertiary/aromatic N) is 1. The second-order valence-corrected chi connectivity index (χ2v) is 5.21. The third-order valence-corrected chi connectivity index (χ3v) is 3.84. The maximum absolute atomic E-state index is 12.0. The number of carbonyl (C=O) groups excluding carboxylic acids is 1. The quantitative estimate of drug-likeness (QED) is 0.853. The maximum Gasteiger partial charge on any atom is 0.326 e. The highest BCUT2D eigenvalue weighted by Crippen LogP contribution is 2.18. The second kappa shape index (κ2) is 5.82. The Kier molecular flexibility index (Phi) is 4.15. The first kappa shape index (κ1) is 12.8. The highest BCUT2D eigenvalue weighted by molar-refractivity contribution is 7.10. The smallest absolute Gasteiger partial charge is 0.326 e. The maximum atomic E-state index is 12.0. The minimum atomic E-state index is -0.910. The van der Waals surface area contributed by atoms with E-state index in [1.165, 1.54) is 11.0 Å². The summed E-state index contributed by atoms with van der Waals surface area (Å²) in [6, 6.07) is 3.16. The molecule has 0 saturated carbocycles. The van der Waals surface area contributed by atoms with E-state index in [0.717, 1.165) is 17.7 Å². The molecule has 2 heterocycles. The molecule has 0 unspecified atom stereocenters. The summed E-state index contributed by atoms with van der Waals surface area (Å²) in [7, 11) is 0. The largest absolute Gasteiger partial charge is 0.480 e. The molecule has 5 heteroatoms. The van der Waals surface area contributed by atoms with Gasteiger partial charge < -0.3 is 10.0 Å². The molecule has 1 aromatic rings. The Hall–Kier alpha value is -1.62. The van der Waals surface area contributed by atoms with Crippen LogP contribution in [0.15, 0.2) is 23.6 Å². The van der Waals surface area contributed by atoms with E-state index in [2.05, 4.69) is 0 Å². The molecule has 1 aromatic heterocycles. The molecule has 1 saturated heterocycles. The van der Waals surface area contributed by atoms with Gasteiger partial charge in [0.15, 0.2) is 0 Å². The molecule has 1 aliphatic rings. The van der Waals surface area contributed by atoms with Crippen LogP contribution in [-0.4, -0.2) is 34.5 Å². The molecule has 0 bridgehead atoms. The van der Waals surface area contributed by atoms with E-state index in [4.69, 9.17) is 5.11 Å². The summed E-state index contributed by atoms with van der Waals surface area (Å²) in [5, 5.41) is 11.0. The molecule has 1 amide bonds. The van der Waals surface area contributed by atoms with E-state index in [0.29, 0.717) is 13.0 Å². The van der Waals surface area contributed by atoms with Gasteiger partial charge in [0.05, 0.1) is 0 Å². The number of aliphatic carboxylic acids is 1. The lowest BCUT2D eigenvalue weighted by molar-refractivity contribution is -0.150. The minimum Gasteiger partial charge on any atom is -0.480 e. The van der Waals surface area contributed by atoms with Crippen molar-refractivity contribution in [3.05, 3.63) is 28.5 Å². The number of thiophene rings is 1. The first-order valence-electron chi connectivity index (χ1n) is 5.93. The zero-order valence-corrected chi connectivity index (χ0v) is 10.7. The van der Waals surface area contributed by atoms with Crippen molar-refractivity contribution in [3.8, 4) is 0 Å². The van der Waals surface area contributed by atoms with Gasteiger partial charge in [-0.15, -0.1) is 11.3 Å². The number of amides is 1. The lowest BCUT2D eigenvalue weighted by atomic mass is 10.0. The van der Waals surface area contributed by atoms with Crippen molar-refractivity contribution in [3.63, 3.8) is 0 Å². The molecular weight excluding hydrogens is 250 g/mol. The van der Waals surface area contributed by atoms with Gasteiger partial charge in [0.2, 0.25) is 5.91 Å². The van der Waals surface area contributed by atoms with Gasteiger partial charge in [-0.2, -0.15) is 0 Å². The van der Waals surface area contributed by atoms with Crippen LogP contribution in [-0.2, 0) is 9.59 Å². The molecule has 0 aromatic carbocycles. The summed E-state index contributed by atoms with van der Waals surface area (Å²) in [5.74, 6) is -1.12. The number of likely N-dealkylation sites (tertiary alicyclic amines) is 1. The Bertz CT molecular complexity index is 453. The Morgan fingerprint density at radius 2 is 2.28 bits per heavy atom. The summed E-state index contributed by atoms with van der Waals surface area (Å²) >= 11 is 1.54. The fraction of sp³-hybridized carbons (Fsp3) is 0.385. The van der Waals surface area contributed by atoms with E-state index in [1.54, 1.807) is 17.4 Å². The molecule has 4 nitrogen and oxygen atoms in total. The molecule has 0 radical (unpaired) electrons. The number of hydrogen-bond acceptors (Lipinski definition) is 3. The summed E-state index contributed by atoms with van der Waals surface area (Å²) in [4.78, 5) is 25.5. The predicted octanol–water partition coefficient (Wildman–Crippen LogP) is 2.23. The van der Waals surface area contributed by atoms with Crippen LogP contribution in [0.25, 0.3) is 6.08 Å². The number of carbonyl (C=O) groups is 2. The molecule has 0 spiro atoms. The van der Waals surface area contributed by atoms with Crippen LogP contribution in [0.4, 0.5) is 0 Å². The predicted molar refractivity (Wildman–Crippen MR) is 70.3 cm³/mol. The highest BCUT2D eigenvalue weighted by atomic mass is 32.1. The third-order valence-electron chi connectivity index (χ3n) is 3.00. The Labute approximate surface area is 110 Å². The standard InChI is InChI=1S/C13H15NO3S/c15-12(7-6-10-4-3-9-18-10)14-8-2-1-5-11(14)13(16)17/h3-4,6-7,9,11H,1-2,5,8H2,(H,16,17)/b7-6-/t11-/m1/s1. The molecule has 1 aliphatic heterocycles. The Morgan fingerprint density at radius 3 is 2.94 bits per heavy atom. The summed E-state index contributed by atoms with van der Waals surface area (Å²) in [5.41, 5.74) is 0. The van der Waals surface area contributed by atoms with Crippen LogP contribution in [0.3, 0.4) is 0 Å². The van der Waals surface area contributed by atoms with E-state index < -0.39 is 12.0 Å². The van der Waals surface area contributed by atoms with Gasteiger partial charge in [-0.25, -0.2) is 4.79 Å². The van der Waals surface area contributed by atoms with Crippen molar-refractivity contribution in [1.29, 1.82) is 0 Å². The first-order chi connectivity index (χ1) is 8.68. The van der Waals surface area contributed by atoms with Gasteiger partial charge in [-0.3, -0.25) is 4.79 Å². The average molecular weight is 265 g/mol. The van der Waals surface area contributed by atoms with Crippen LogP contribution in [0.1, 0.15) is 24.1 Å². The monoisotopic (exact) mass is 265 g/mol. The van der Waals surface area contributed by atoms with Gasteiger partial charge in [0, 0.05) is 17.5 Å². The summed E-state index contributed by atoms with van der Waals surface area (Å²) in [6.45, 7) is 0.532. The number of carboxylic acids is 1. The van der Waals surface area contributed by atoms with Gasteiger partial charge >= 0.3 is 5.97 Å². The molecule has 1 fully saturated rings. The van der Waals surface area contributed by atoms with Crippen molar-refractivity contribution in [2.24, 2.45) is 0 Å². The first-order valence-corrected chi connectivity index (χ1v) is 6.81. The van der Waals surface area contributed by atoms with Gasteiger partial charge in [0.1, 0.15) is 6.04 Å². The number of piperidine rings is 1. The molecule has 1 atom stereocenters. The molecule has 0 aliphatic carbocycles. The van der Waals surface area contributed by atoms with E-state index >= 15 is 0 Å². The molecule has 18 heavy (non-hydrogen) atoms. The van der Waals surface area contributed by atoms with Gasteiger partial charge in [0.25, 0.3) is 0 Å².